The highest BCUT2D eigenvalue weighted by Gasteiger charge is 2.15. The molecule has 5 heteroatoms. The van der Waals surface area contributed by atoms with Crippen molar-refractivity contribution in [1.82, 2.24) is 0 Å². The molecule has 1 heterocycles. The third-order valence-corrected chi connectivity index (χ3v) is 3.85. The molecule has 2 rings (SSSR count). The molecule has 1 aliphatic heterocycles. The third kappa shape index (κ3) is 4.39. The number of halogens is 1. The molecule has 1 saturated heterocycles. The lowest BCUT2D eigenvalue weighted by molar-refractivity contribution is -0.116. The highest BCUT2D eigenvalue weighted by Crippen LogP contribution is 2.27. The Kier molecular flexibility index (Phi) is 5.68. The first kappa shape index (κ1) is 15.1. The molecule has 0 aromatic heterocycles. The van der Waals surface area contributed by atoms with Crippen molar-refractivity contribution in [3.8, 4) is 5.75 Å². The number of hydrogen-bond acceptors (Lipinski definition) is 3. The van der Waals surface area contributed by atoms with E-state index in [9.17, 15) is 4.79 Å². The number of anilines is 1. The van der Waals surface area contributed by atoms with Crippen LogP contribution in [0.1, 0.15) is 25.7 Å². The van der Waals surface area contributed by atoms with Gasteiger partial charge in [0.25, 0.3) is 0 Å². The molecular weight excluding hydrogens is 278 g/mol. The van der Waals surface area contributed by atoms with Gasteiger partial charge in [0.2, 0.25) is 5.91 Å². The summed E-state index contributed by atoms with van der Waals surface area (Å²) in [5.74, 6) is 1.23. The van der Waals surface area contributed by atoms with E-state index >= 15 is 0 Å². The molecule has 0 radical (unpaired) electrons. The molecule has 20 heavy (non-hydrogen) atoms. The highest BCUT2D eigenvalue weighted by molar-refractivity contribution is 6.32. The summed E-state index contributed by atoms with van der Waals surface area (Å²) in [6, 6.07) is 5.24. The zero-order valence-electron chi connectivity index (χ0n) is 11.7. The van der Waals surface area contributed by atoms with Gasteiger partial charge in [-0.3, -0.25) is 4.79 Å². The van der Waals surface area contributed by atoms with Gasteiger partial charge in [-0.25, -0.2) is 0 Å². The lowest BCUT2D eigenvalue weighted by Gasteiger charge is -2.21. The van der Waals surface area contributed by atoms with Gasteiger partial charge in [-0.05, 0) is 43.4 Å². The zero-order chi connectivity index (χ0) is 14.4. The van der Waals surface area contributed by atoms with Crippen LogP contribution >= 0.6 is 11.6 Å². The fourth-order valence-electron chi connectivity index (χ4n) is 2.34. The second-order valence-corrected chi connectivity index (χ2v) is 5.40. The topological polar surface area (TPSA) is 47.6 Å². The van der Waals surface area contributed by atoms with Crippen molar-refractivity contribution >= 4 is 23.2 Å². The molecule has 1 aromatic rings. The fourth-order valence-corrected chi connectivity index (χ4v) is 2.60. The van der Waals surface area contributed by atoms with Crippen LogP contribution in [0.15, 0.2) is 18.2 Å². The third-order valence-electron chi connectivity index (χ3n) is 3.56. The Morgan fingerprint density at radius 3 is 2.85 bits per heavy atom. The van der Waals surface area contributed by atoms with Gasteiger partial charge in [-0.2, -0.15) is 0 Å². The van der Waals surface area contributed by atoms with Crippen molar-refractivity contribution < 1.29 is 14.3 Å². The van der Waals surface area contributed by atoms with Crippen LogP contribution in [-0.4, -0.2) is 26.2 Å². The maximum Gasteiger partial charge on any atom is 0.224 e. The van der Waals surface area contributed by atoms with E-state index < -0.39 is 0 Å². The molecular formula is C15H20ClNO3. The quantitative estimate of drug-likeness (QED) is 0.905. The van der Waals surface area contributed by atoms with Crippen LogP contribution in [0, 0.1) is 5.92 Å². The van der Waals surface area contributed by atoms with E-state index in [0.717, 1.165) is 32.5 Å². The molecule has 0 spiro atoms. The first-order valence-electron chi connectivity index (χ1n) is 6.90. The summed E-state index contributed by atoms with van der Waals surface area (Å²) < 4.78 is 10.4. The van der Waals surface area contributed by atoms with Crippen molar-refractivity contribution in [2.45, 2.75) is 25.7 Å². The summed E-state index contributed by atoms with van der Waals surface area (Å²) >= 11 is 6.02. The largest absolute Gasteiger partial charge is 0.495 e. The molecule has 1 fully saturated rings. The number of carbonyl (C=O) groups is 1. The molecule has 4 nitrogen and oxygen atoms in total. The van der Waals surface area contributed by atoms with E-state index in [1.807, 2.05) is 0 Å². The monoisotopic (exact) mass is 297 g/mol. The van der Waals surface area contributed by atoms with Crippen molar-refractivity contribution in [3.05, 3.63) is 23.2 Å². The summed E-state index contributed by atoms with van der Waals surface area (Å²) in [4.78, 5) is 11.9. The molecule has 110 valence electrons. The number of methoxy groups -OCH3 is 1. The van der Waals surface area contributed by atoms with Crippen molar-refractivity contribution in [2.24, 2.45) is 5.92 Å². The van der Waals surface area contributed by atoms with Crippen LogP contribution in [0.5, 0.6) is 5.75 Å². The molecule has 0 unspecified atom stereocenters. The summed E-state index contributed by atoms with van der Waals surface area (Å²) in [5.41, 5.74) is 0.702. The summed E-state index contributed by atoms with van der Waals surface area (Å²) in [7, 11) is 1.56. The van der Waals surface area contributed by atoms with Gasteiger partial charge in [-0.1, -0.05) is 11.6 Å². The molecule has 1 amide bonds. The molecule has 0 atom stereocenters. The average Bonchev–Trinajstić information content (AvgIpc) is 2.46. The van der Waals surface area contributed by atoms with Crippen LogP contribution in [0.25, 0.3) is 0 Å². The van der Waals surface area contributed by atoms with E-state index in [2.05, 4.69) is 5.32 Å². The number of carbonyl (C=O) groups excluding carboxylic acids is 1. The fraction of sp³-hybridized carbons (Fsp3) is 0.533. The van der Waals surface area contributed by atoms with Gasteiger partial charge in [0.05, 0.1) is 12.1 Å². The van der Waals surface area contributed by atoms with Gasteiger partial charge < -0.3 is 14.8 Å². The predicted octanol–water partition coefficient (Wildman–Crippen LogP) is 3.49. The Hall–Kier alpha value is -1.26. The van der Waals surface area contributed by atoms with Gasteiger partial charge in [0, 0.05) is 25.3 Å². The second-order valence-electron chi connectivity index (χ2n) is 4.99. The Labute approximate surface area is 124 Å². The van der Waals surface area contributed by atoms with E-state index in [1.165, 1.54) is 0 Å². The number of ether oxygens (including phenoxy) is 2. The van der Waals surface area contributed by atoms with Crippen molar-refractivity contribution in [2.75, 3.05) is 25.6 Å². The normalized spacial score (nSPS) is 15.9. The van der Waals surface area contributed by atoms with Crippen molar-refractivity contribution in [1.29, 1.82) is 0 Å². The predicted molar refractivity (Wildman–Crippen MR) is 79.4 cm³/mol. The smallest absolute Gasteiger partial charge is 0.224 e. The van der Waals surface area contributed by atoms with Gasteiger partial charge >= 0.3 is 0 Å². The molecule has 1 aromatic carbocycles. The Morgan fingerprint density at radius 2 is 2.20 bits per heavy atom. The number of hydrogen-bond donors (Lipinski definition) is 1. The summed E-state index contributed by atoms with van der Waals surface area (Å²) in [5, 5.41) is 3.36. The number of rotatable bonds is 5. The Morgan fingerprint density at radius 1 is 1.45 bits per heavy atom. The Balaban J connectivity index is 1.80. The van der Waals surface area contributed by atoms with Crippen LogP contribution in [0.2, 0.25) is 5.02 Å². The molecule has 1 aliphatic rings. The highest BCUT2D eigenvalue weighted by atomic mass is 35.5. The molecule has 0 saturated carbocycles. The summed E-state index contributed by atoms with van der Waals surface area (Å²) in [6.07, 6.45) is 3.57. The minimum Gasteiger partial charge on any atom is -0.495 e. The minimum atomic E-state index is 0.0257. The van der Waals surface area contributed by atoms with Crippen LogP contribution in [0.3, 0.4) is 0 Å². The first-order valence-corrected chi connectivity index (χ1v) is 7.28. The first-order chi connectivity index (χ1) is 9.69. The van der Waals surface area contributed by atoms with E-state index in [0.29, 0.717) is 28.8 Å². The standard InChI is InChI=1S/C15H20ClNO3/c1-19-14-4-3-12(10-13(14)16)17-15(18)5-2-11-6-8-20-9-7-11/h3-4,10-11H,2,5-9H2,1H3,(H,17,18). The van der Waals surface area contributed by atoms with Gasteiger partial charge in [-0.15, -0.1) is 0 Å². The Bertz CT molecular complexity index is 458. The maximum atomic E-state index is 11.9. The average molecular weight is 298 g/mol. The zero-order valence-corrected chi connectivity index (χ0v) is 12.4. The van der Waals surface area contributed by atoms with Gasteiger partial charge in [0.15, 0.2) is 0 Å². The number of nitrogens with one attached hydrogen (secondary N) is 1. The van der Waals surface area contributed by atoms with Crippen molar-refractivity contribution in [3.63, 3.8) is 0 Å². The molecule has 0 bridgehead atoms. The summed E-state index contributed by atoms with van der Waals surface area (Å²) in [6.45, 7) is 1.64. The minimum absolute atomic E-state index is 0.0257. The lowest BCUT2D eigenvalue weighted by atomic mass is 9.95. The van der Waals surface area contributed by atoms with E-state index in [-0.39, 0.29) is 5.91 Å². The molecule has 0 aliphatic carbocycles. The second kappa shape index (κ2) is 7.50. The van der Waals surface area contributed by atoms with Crippen LogP contribution in [-0.2, 0) is 9.53 Å². The van der Waals surface area contributed by atoms with Crippen LogP contribution < -0.4 is 10.1 Å². The van der Waals surface area contributed by atoms with E-state index in [1.54, 1.807) is 25.3 Å². The van der Waals surface area contributed by atoms with Gasteiger partial charge in [0.1, 0.15) is 5.75 Å². The number of amides is 1. The molecule has 1 N–H and O–H groups in total. The lowest BCUT2D eigenvalue weighted by Crippen LogP contribution is -2.18. The SMILES string of the molecule is COc1ccc(NC(=O)CCC2CCOCC2)cc1Cl. The maximum absolute atomic E-state index is 11.9. The van der Waals surface area contributed by atoms with Crippen LogP contribution in [0.4, 0.5) is 5.69 Å². The number of benzene rings is 1. The van der Waals surface area contributed by atoms with E-state index in [4.69, 9.17) is 21.1 Å².